The van der Waals surface area contributed by atoms with Crippen molar-refractivity contribution in [2.75, 3.05) is 10.8 Å². The van der Waals surface area contributed by atoms with Crippen LogP contribution in [0.2, 0.25) is 5.02 Å². The Morgan fingerprint density at radius 3 is 2.05 bits per heavy atom. The summed E-state index contributed by atoms with van der Waals surface area (Å²) < 4.78 is 41.8. The Kier molecular flexibility index (Phi) is 9.51. The lowest BCUT2D eigenvalue weighted by atomic mass is 10.1. The summed E-state index contributed by atoms with van der Waals surface area (Å²) in [6, 6.07) is 16.9. The predicted molar refractivity (Wildman–Crippen MR) is 147 cm³/mol. The molecule has 2 amide bonds. The molecule has 0 aliphatic carbocycles. The molecule has 0 unspecified atom stereocenters. The zero-order valence-electron chi connectivity index (χ0n) is 21.7. The number of rotatable bonds is 10. The van der Waals surface area contributed by atoms with Crippen molar-refractivity contribution in [1.29, 1.82) is 0 Å². The summed E-state index contributed by atoms with van der Waals surface area (Å²) in [6.45, 7) is 6.55. The van der Waals surface area contributed by atoms with Gasteiger partial charge in [0, 0.05) is 17.6 Å². The highest BCUT2D eigenvalue weighted by Crippen LogP contribution is 2.25. The van der Waals surface area contributed by atoms with Crippen LogP contribution >= 0.6 is 11.6 Å². The van der Waals surface area contributed by atoms with E-state index >= 15 is 0 Å². The Morgan fingerprint density at radius 2 is 1.50 bits per heavy atom. The van der Waals surface area contributed by atoms with Crippen LogP contribution in [0.4, 0.5) is 10.1 Å². The lowest BCUT2D eigenvalue weighted by Crippen LogP contribution is -2.52. The normalized spacial score (nSPS) is 12.2. The lowest BCUT2D eigenvalue weighted by Gasteiger charge is -2.32. The average molecular weight is 560 g/mol. The fourth-order valence-corrected chi connectivity index (χ4v) is 5.29. The third kappa shape index (κ3) is 7.33. The molecule has 0 saturated carbocycles. The summed E-state index contributed by atoms with van der Waals surface area (Å²) in [5.74, 6) is -1.54. The summed E-state index contributed by atoms with van der Waals surface area (Å²) >= 11 is 6.01. The third-order valence-corrected chi connectivity index (χ3v) is 7.91. The first kappa shape index (κ1) is 29.1. The minimum absolute atomic E-state index is 0.0566. The number of amides is 2. The van der Waals surface area contributed by atoms with Crippen LogP contribution in [0.1, 0.15) is 31.9 Å². The van der Waals surface area contributed by atoms with Crippen molar-refractivity contribution in [3.8, 4) is 0 Å². The first-order valence-corrected chi connectivity index (χ1v) is 13.9. The molecule has 1 N–H and O–H groups in total. The van der Waals surface area contributed by atoms with E-state index in [9.17, 15) is 22.4 Å². The van der Waals surface area contributed by atoms with E-state index < -0.39 is 34.3 Å². The molecule has 0 spiro atoms. The lowest BCUT2D eigenvalue weighted by molar-refractivity contribution is -0.139. The largest absolute Gasteiger partial charge is 0.352 e. The van der Waals surface area contributed by atoms with E-state index in [1.54, 1.807) is 55.5 Å². The number of hydrogen-bond donors (Lipinski definition) is 1. The Bertz CT molecular complexity index is 1360. The number of hydrogen-bond acceptors (Lipinski definition) is 4. The number of nitrogens with zero attached hydrogens (tertiary/aromatic N) is 2. The second-order valence-corrected chi connectivity index (χ2v) is 11.6. The van der Waals surface area contributed by atoms with Gasteiger partial charge in [-0.1, -0.05) is 41.4 Å². The Labute approximate surface area is 228 Å². The van der Waals surface area contributed by atoms with Crippen molar-refractivity contribution in [1.82, 2.24) is 10.2 Å². The predicted octanol–water partition coefficient (Wildman–Crippen LogP) is 4.92. The van der Waals surface area contributed by atoms with Gasteiger partial charge in [-0.2, -0.15) is 0 Å². The molecule has 0 aliphatic heterocycles. The highest BCUT2D eigenvalue weighted by molar-refractivity contribution is 7.92. The first-order valence-electron chi connectivity index (χ1n) is 12.1. The van der Waals surface area contributed by atoms with Crippen molar-refractivity contribution < 1.29 is 22.4 Å². The van der Waals surface area contributed by atoms with E-state index in [0.717, 1.165) is 39.7 Å². The van der Waals surface area contributed by atoms with Gasteiger partial charge in [-0.3, -0.25) is 13.9 Å². The van der Waals surface area contributed by atoms with E-state index in [0.29, 0.717) is 5.02 Å². The van der Waals surface area contributed by atoms with E-state index in [2.05, 4.69) is 5.32 Å². The Hall–Kier alpha value is -3.43. The molecule has 0 fully saturated rings. The fraction of sp³-hybridized carbons (Fsp3) is 0.286. The van der Waals surface area contributed by atoms with Gasteiger partial charge in [0.15, 0.2) is 0 Å². The molecule has 7 nitrogen and oxygen atoms in total. The standard InChI is InChI=1S/C28H31ClFN3O4S/c1-19(2)31-28(35)21(4)32(17-22-7-9-23(29)10-8-22)27(34)18-33(25-13-5-20(3)6-14-25)38(36,37)26-15-11-24(30)12-16-26/h5-16,19,21H,17-18H2,1-4H3,(H,31,35)/t21-/m1/s1. The number of nitrogens with one attached hydrogen (secondary N) is 1. The van der Waals surface area contributed by atoms with E-state index in [1.807, 2.05) is 20.8 Å². The monoisotopic (exact) mass is 559 g/mol. The third-order valence-electron chi connectivity index (χ3n) is 5.87. The number of carbonyl (C=O) groups excluding carboxylic acids is 2. The molecule has 202 valence electrons. The van der Waals surface area contributed by atoms with Crippen molar-refractivity contribution in [2.24, 2.45) is 0 Å². The molecule has 38 heavy (non-hydrogen) atoms. The molecule has 0 radical (unpaired) electrons. The van der Waals surface area contributed by atoms with Crippen molar-refractivity contribution in [3.63, 3.8) is 0 Å². The van der Waals surface area contributed by atoms with Crippen molar-refractivity contribution in [2.45, 2.75) is 51.2 Å². The van der Waals surface area contributed by atoms with Crippen LogP contribution in [0.3, 0.4) is 0 Å². The molecule has 0 aromatic heterocycles. The number of halogens is 2. The molecule has 0 saturated heterocycles. The number of carbonyl (C=O) groups is 2. The molecule has 10 heteroatoms. The van der Waals surface area contributed by atoms with Gasteiger partial charge in [0.05, 0.1) is 10.6 Å². The summed E-state index contributed by atoms with van der Waals surface area (Å²) in [5.41, 5.74) is 1.89. The maximum Gasteiger partial charge on any atom is 0.264 e. The molecule has 3 aromatic rings. The molecule has 3 aromatic carbocycles. The van der Waals surface area contributed by atoms with Crippen molar-refractivity contribution in [3.05, 3.63) is 94.8 Å². The molecule has 0 bridgehead atoms. The molecule has 0 heterocycles. The van der Waals surface area contributed by atoms with Gasteiger partial charge >= 0.3 is 0 Å². The SMILES string of the molecule is Cc1ccc(N(CC(=O)N(Cc2ccc(Cl)cc2)[C@H](C)C(=O)NC(C)C)S(=O)(=O)c2ccc(F)cc2)cc1. The second-order valence-electron chi connectivity index (χ2n) is 9.29. The van der Waals surface area contributed by atoms with Crippen LogP contribution in [-0.2, 0) is 26.2 Å². The zero-order chi connectivity index (χ0) is 28.0. The molecular weight excluding hydrogens is 529 g/mol. The van der Waals surface area contributed by atoms with Gasteiger partial charge < -0.3 is 10.2 Å². The maximum atomic E-state index is 13.8. The molecular formula is C28H31ClFN3O4S. The quantitative estimate of drug-likeness (QED) is 0.382. The van der Waals surface area contributed by atoms with Gasteiger partial charge in [-0.15, -0.1) is 0 Å². The number of anilines is 1. The molecule has 0 aliphatic rings. The number of benzene rings is 3. The summed E-state index contributed by atoms with van der Waals surface area (Å²) in [7, 11) is -4.25. The van der Waals surface area contributed by atoms with Crippen LogP contribution in [-0.4, -0.2) is 43.8 Å². The van der Waals surface area contributed by atoms with Gasteiger partial charge in [0.1, 0.15) is 18.4 Å². The summed E-state index contributed by atoms with van der Waals surface area (Å²) in [5, 5.41) is 3.33. The zero-order valence-corrected chi connectivity index (χ0v) is 23.3. The Morgan fingerprint density at radius 1 is 0.921 bits per heavy atom. The van der Waals surface area contributed by atoms with Gasteiger partial charge in [-0.05, 0) is 81.8 Å². The van der Waals surface area contributed by atoms with Crippen molar-refractivity contribution >= 4 is 39.1 Å². The maximum absolute atomic E-state index is 13.8. The van der Waals surface area contributed by atoms with Crippen LogP contribution in [0.25, 0.3) is 0 Å². The average Bonchev–Trinajstić information content (AvgIpc) is 2.87. The van der Waals surface area contributed by atoms with Crippen LogP contribution in [0, 0.1) is 12.7 Å². The second kappa shape index (κ2) is 12.4. The minimum atomic E-state index is -4.25. The number of aryl methyl sites for hydroxylation is 1. The topological polar surface area (TPSA) is 86.8 Å². The van der Waals surface area contributed by atoms with E-state index in [1.165, 1.54) is 4.90 Å². The van der Waals surface area contributed by atoms with Crippen LogP contribution in [0.5, 0.6) is 0 Å². The van der Waals surface area contributed by atoms with Crippen LogP contribution < -0.4 is 9.62 Å². The Balaban J connectivity index is 2.02. The van der Waals surface area contributed by atoms with Crippen LogP contribution in [0.15, 0.2) is 77.7 Å². The fourth-order valence-electron chi connectivity index (χ4n) is 3.75. The van der Waals surface area contributed by atoms with E-state index in [-0.39, 0.29) is 29.1 Å². The first-order chi connectivity index (χ1) is 17.9. The van der Waals surface area contributed by atoms with Gasteiger partial charge in [0.2, 0.25) is 11.8 Å². The highest BCUT2D eigenvalue weighted by atomic mass is 35.5. The number of sulfonamides is 1. The summed E-state index contributed by atoms with van der Waals surface area (Å²) in [6.07, 6.45) is 0. The van der Waals surface area contributed by atoms with Gasteiger partial charge in [0.25, 0.3) is 10.0 Å². The van der Waals surface area contributed by atoms with E-state index in [4.69, 9.17) is 11.6 Å². The minimum Gasteiger partial charge on any atom is -0.352 e. The smallest absolute Gasteiger partial charge is 0.264 e. The van der Waals surface area contributed by atoms with Gasteiger partial charge in [-0.25, -0.2) is 12.8 Å². The molecule has 3 rings (SSSR count). The molecule has 1 atom stereocenters. The summed E-state index contributed by atoms with van der Waals surface area (Å²) in [4.78, 5) is 27.8. The highest BCUT2D eigenvalue weighted by Gasteiger charge is 2.32.